The first-order valence-electron chi connectivity index (χ1n) is 19.7. The number of fused-ring (bicyclic) bond motifs is 1. The van der Waals surface area contributed by atoms with E-state index in [1.807, 2.05) is 73.6 Å². The summed E-state index contributed by atoms with van der Waals surface area (Å²) < 4.78 is 23.8. The van der Waals surface area contributed by atoms with Gasteiger partial charge in [-0.1, -0.05) is 55.7 Å². The van der Waals surface area contributed by atoms with E-state index in [1.54, 1.807) is 13.0 Å². The second-order valence-electron chi connectivity index (χ2n) is 17.2. The highest BCUT2D eigenvalue weighted by atomic mass is 16.7. The molecule has 0 radical (unpaired) electrons. The largest absolute Gasteiger partial charge is 0.388 e. The molecule has 0 aromatic carbocycles. The third-order valence-corrected chi connectivity index (χ3v) is 12.7. The lowest BCUT2D eigenvalue weighted by Gasteiger charge is -2.52. The molecule has 0 amide bonds. The van der Waals surface area contributed by atoms with E-state index >= 15 is 0 Å². The number of aliphatic hydroxyl groups excluding tert-OH is 6. The fourth-order valence-corrected chi connectivity index (χ4v) is 8.85. The molecule has 2 heterocycles. The van der Waals surface area contributed by atoms with E-state index in [2.05, 4.69) is 0 Å². The quantitative estimate of drug-likeness (QED) is 0.134. The van der Waals surface area contributed by atoms with E-state index in [0.29, 0.717) is 18.4 Å². The molecular weight excluding hydrogens is 696 g/mol. The van der Waals surface area contributed by atoms with Crippen molar-refractivity contribution in [3.05, 3.63) is 46.6 Å². The van der Waals surface area contributed by atoms with Gasteiger partial charge in [0, 0.05) is 5.41 Å². The minimum absolute atomic E-state index is 0.00697. The van der Waals surface area contributed by atoms with Gasteiger partial charge in [-0.25, -0.2) is 0 Å². The lowest BCUT2D eigenvalue weighted by Crippen LogP contribution is -2.63. The van der Waals surface area contributed by atoms with Gasteiger partial charge >= 0.3 is 0 Å². The van der Waals surface area contributed by atoms with Crippen LogP contribution in [0.5, 0.6) is 0 Å². The Hall–Kier alpha value is -1.81. The fourth-order valence-electron chi connectivity index (χ4n) is 8.85. The van der Waals surface area contributed by atoms with Crippen LogP contribution in [-0.2, 0) is 23.7 Å². The van der Waals surface area contributed by atoms with Gasteiger partial charge in [0.2, 0.25) is 0 Å². The Bertz CT molecular complexity index is 1420. The molecule has 308 valence electrons. The smallest absolute Gasteiger partial charge is 0.187 e. The Morgan fingerprint density at radius 1 is 0.815 bits per heavy atom. The van der Waals surface area contributed by atoms with E-state index in [-0.39, 0.29) is 24.0 Å². The minimum Gasteiger partial charge on any atom is -0.388 e. The third kappa shape index (κ3) is 9.48. The summed E-state index contributed by atoms with van der Waals surface area (Å²) >= 11 is 0. The summed E-state index contributed by atoms with van der Waals surface area (Å²) in [4.78, 5) is 14.4. The standard InChI is InChI=1S/C42H68O12/c1-21(2)13-15-30(43)24(6)20-29-38(49)41(10)18-11-12-28(41)25(7)42(29,50)19-17-23(5)31(16-14-22(3)4)53-39-36(48)34(46)37(27(9)52-39)54-40-35(47)33(45)32(44)26(8)51-40/h13-14,17,20,25-37,39-40,43-48,50H,11-12,15-16,18-19H2,1-10H3/b23-17+,24-20+/t25-,26+,27-,28+,29+,30-,31+,32+,33-,34-,35-,36-,37+,39+,40+,41+,42-/m1/s1. The predicted molar refractivity (Wildman–Crippen MR) is 203 cm³/mol. The SMILES string of the molecule is CC(C)=CC[C@@H](O)/C(C)=C/[C@H]1C(=O)[C@@]2(C)CCC[C@H]2[C@@H](C)[C@]1(O)C/C=C(\C)[C@H](CC=C(C)C)O[C@@H]1O[C@H](C)[C@H](O[C@@H]2O[C@@H](C)[C@H](O)[C@@H](O)[C@H]2O)[C@H](O)[C@H]1O. The third-order valence-electron chi connectivity index (χ3n) is 12.7. The summed E-state index contributed by atoms with van der Waals surface area (Å²) in [6.07, 6.45) is -3.42. The van der Waals surface area contributed by atoms with Gasteiger partial charge in [-0.05, 0) is 110 Å². The molecule has 7 N–H and O–H groups in total. The van der Waals surface area contributed by atoms with Crippen molar-refractivity contribution in [1.29, 1.82) is 0 Å². The van der Waals surface area contributed by atoms with Crippen molar-refractivity contribution in [3.8, 4) is 0 Å². The summed E-state index contributed by atoms with van der Waals surface area (Å²) in [5.74, 6) is -1.02. The van der Waals surface area contributed by atoms with Crippen molar-refractivity contribution in [1.82, 2.24) is 0 Å². The Kier molecular flexibility index (Phi) is 15.1. The van der Waals surface area contributed by atoms with Gasteiger partial charge in [-0.15, -0.1) is 0 Å². The normalized spacial score (nSPS) is 43.0. The maximum atomic E-state index is 14.4. The molecule has 12 heteroatoms. The number of carbonyl (C=O) groups excluding carboxylic acids is 1. The number of carbonyl (C=O) groups is 1. The summed E-state index contributed by atoms with van der Waals surface area (Å²) in [7, 11) is 0. The van der Waals surface area contributed by atoms with E-state index in [9.17, 15) is 40.5 Å². The Balaban J connectivity index is 1.58. The Labute approximate surface area is 321 Å². The van der Waals surface area contributed by atoms with Crippen LogP contribution in [0.3, 0.4) is 0 Å². The lowest BCUT2D eigenvalue weighted by molar-refractivity contribution is -0.354. The molecule has 0 unspecified atom stereocenters. The van der Waals surface area contributed by atoms with Gasteiger partial charge in [-0.2, -0.15) is 0 Å². The maximum Gasteiger partial charge on any atom is 0.187 e. The van der Waals surface area contributed by atoms with Crippen molar-refractivity contribution in [2.24, 2.45) is 23.2 Å². The highest BCUT2D eigenvalue weighted by Gasteiger charge is 2.62. The molecule has 2 aliphatic carbocycles. The molecule has 0 aromatic rings. The van der Waals surface area contributed by atoms with Crippen LogP contribution in [-0.4, -0.2) is 121 Å². The van der Waals surface area contributed by atoms with E-state index in [0.717, 1.165) is 36.0 Å². The molecule has 4 fully saturated rings. The number of allylic oxidation sites excluding steroid dienone is 2. The first-order valence-corrected chi connectivity index (χ1v) is 19.7. The molecule has 0 bridgehead atoms. The number of ketones is 1. The van der Waals surface area contributed by atoms with Crippen LogP contribution in [0.1, 0.15) is 108 Å². The molecule has 4 aliphatic rings. The number of hydrogen-bond donors (Lipinski definition) is 7. The highest BCUT2D eigenvalue weighted by molar-refractivity contribution is 5.91. The monoisotopic (exact) mass is 764 g/mol. The molecule has 0 aromatic heterocycles. The zero-order valence-electron chi connectivity index (χ0n) is 33.9. The van der Waals surface area contributed by atoms with E-state index < -0.39 is 90.6 Å². The van der Waals surface area contributed by atoms with Gasteiger partial charge in [0.1, 0.15) is 42.4 Å². The topological polar surface area (TPSA) is 196 Å². The molecule has 4 rings (SSSR count). The second-order valence-corrected chi connectivity index (χ2v) is 17.2. The number of rotatable bonds is 13. The summed E-state index contributed by atoms with van der Waals surface area (Å²) in [6, 6.07) is 0. The van der Waals surface area contributed by atoms with Crippen LogP contribution in [0, 0.1) is 23.2 Å². The molecule has 54 heavy (non-hydrogen) atoms. The molecule has 0 spiro atoms. The van der Waals surface area contributed by atoms with Crippen LogP contribution >= 0.6 is 0 Å². The van der Waals surface area contributed by atoms with Gasteiger partial charge in [0.25, 0.3) is 0 Å². The fraction of sp³-hybridized carbons (Fsp3) is 0.786. The molecular formula is C42H68O12. The van der Waals surface area contributed by atoms with Crippen molar-refractivity contribution < 1.29 is 59.5 Å². The predicted octanol–water partition coefficient (Wildman–Crippen LogP) is 3.78. The van der Waals surface area contributed by atoms with Crippen LogP contribution in [0.25, 0.3) is 0 Å². The van der Waals surface area contributed by atoms with Crippen molar-refractivity contribution in [2.75, 3.05) is 0 Å². The second kappa shape index (κ2) is 18.2. The van der Waals surface area contributed by atoms with E-state index in [4.69, 9.17) is 18.9 Å². The summed E-state index contributed by atoms with van der Waals surface area (Å²) in [5.41, 5.74) is 1.51. The lowest BCUT2D eigenvalue weighted by atomic mass is 9.53. The van der Waals surface area contributed by atoms with Gasteiger partial charge in [-0.3, -0.25) is 4.79 Å². The molecule has 2 saturated heterocycles. The van der Waals surface area contributed by atoms with Gasteiger partial charge < -0.3 is 54.7 Å². The van der Waals surface area contributed by atoms with Crippen LogP contribution < -0.4 is 0 Å². The molecule has 2 aliphatic heterocycles. The Morgan fingerprint density at radius 2 is 1.41 bits per heavy atom. The minimum atomic E-state index is -1.60. The van der Waals surface area contributed by atoms with Crippen molar-refractivity contribution in [2.45, 2.75) is 187 Å². The van der Waals surface area contributed by atoms with Crippen molar-refractivity contribution >= 4 is 5.78 Å². The van der Waals surface area contributed by atoms with Crippen molar-refractivity contribution in [3.63, 3.8) is 0 Å². The van der Waals surface area contributed by atoms with Crippen LogP contribution in [0.15, 0.2) is 46.6 Å². The number of aliphatic hydroxyl groups is 7. The van der Waals surface area contributed by atoms with E-state index in [1.165, 1.54) is 6.92 Å². The zero-order chi connectivity index (χ0) is 40.4. The molecule has 17 atom stereocenters. The average Bonchev–Trinajstić information content (AvgIpc) is 3.52. The summed E-state index contributed by atoms with van der Waals surface area (Å²) in [5, 5.41) is 76.9. The number of hydrogen-bond acceptors (Lipinski definition) is 12. The van der Waals surface area contributed by atoms with Gasteiger partial charge in [0.15, 0.2) is 12.6 Å². The number of ether oxygens (including phenoxy) is 4. The highest BCUT2D eigenvalue weighted by Crippen LogP contribution is 2.58. The maximum absolute atomic E-state index is 14.4. The Morgan fingerprint density at radius 3 is 2.04 bits per heavy atom. The van der Waals surface area contributed by atoms with Gasteiger partial charge in [0.05, 0.1) is 35.9 Å². The zero-order valence-corrected chi connectivity index (χ0v) is 33.9. The summed E-state index contributed by atoms with van der Waals surface area (Å²) in [6.45, 7) is 18.7. The molecule has 12 nitrogen and oxygen atoms in total. The first-order chi connectivity index (χ1) is 25.1. The molecule has 2 saturated carbocycles. The van der Waals surface area contributed by atoms with Crippen LogP contribution in [0.2, 0.25) is 0 Å². The first kappa shape index (κ1) is 44.9. The van der Waals surface area contributed by atoms with Crippen LogP contribution in [0.4, 0.5) is 0 Å². The average molecular weight is 765 g/mol. The number of Topliss-reactive ketones (excluding diaryl/α,β-unsaturated/α-hetero) is 1.